The molecule has 10 nitrogen and oxygen atoms in total. The summed E-state index contributed by atoms with van der Waals surface area (Å²) < 4.78 is 0. The second kappa shape index (κ2) is 23.5. The summed E-state index contributed by atoms with van der Waals surface area (Å²) in [6.45, 7) is 3.48. The fourth-order valence-corrected chi connectivity index (χ4v) is 0.600. The van der Waals surface area contributed by atoms with Crippen LogP contribution in [0.1, 0.15) is 13.8 Å². The number of rotatable bonds is 7. The van der Waals surface area contributed by atoms with Crippen LogP contribution in [0.25, 0.3) is 0 Å². The Hall–Kier alpha value is -2.56. The minimum atomic E-state index is -0.260. The van der Waals surface area contributed by atoms with E-state index in [1.807, 2.05) is 0 Å². The third-order valence-electron chi connectivity index (χ3n) is 1.49. The van der Waals surface area contributed by atoms with Gasteiger partial charge in [-0.25, -0.2) is 39.1 Å². The normalized spacial score (nSPS) is 10.2. The maximum Gasteiger partial charge on any atom is 0.235 e. The number of aliphatic hydroxyl groups excluding tert-OH is 2. The van der Waals surface area contributed by atoms with E-state index < -0.39 is 0 Å². The van der Waals surface area contributed by atoms with Gasteiger partial charge >= 0.3 is 0 Å². The average Bonchev–Trinajstić information content (AvgIpc) is 2.52. The van der Waals surface area contributed by atoms with E-state index in [0.717, 1.165) is 0 Å². The molecule has 0 saturated heterocycles. The SMILES string of the molecule is CC(CN=C=O)N=C=O.CC(CN=C=O)N=C=O.OCCO. The predicted octanol–water partition coefficient (Wildman–Crippen LogP) is -0.936. The molecule has 0 rings (SSSR count). The molecule has 2 unspecified atom stereocenters. The molecule has 0 amide bonds. The van der Waals surface area contributed by atoms with Crippen LogP contribution < -0.4 is 0 Å². The van der Waals surface area contributed by atoms with E-state index in [1.54, 1.807) is 13.8 Å². The lowest BCUT2D eigenvalue weighted by Gasteiger charge is -1.91. The van der Waals surface area contributed by atoms with Gasteiger partial charge in [-0.1, -0.05) is 0 Å². The summed E-state index contributed by atoms with van der Waals surface area (Å²) in [5.41, 5.74) is 0. The molecule has 2 N–H and O–H groups in total. The van der Waals surface area contributed by atoms with E-state index in [-0.39, 0.29) is 38.4 Å². The Morgan fingerprint density at radius 1 is 0.727 bits per heavy atom. The lowest BCUT2D eigenvalue weighted by atomic mass is 10.4. The maximum atomic E-state index is 9.55. The van der Waals surface area contributed by atoms with Crippen molar-refractivity contribution in [3.8, 4) is 0 Å². The van der Waals surface area contributed by atoms with E-state index >= 15 is 0 Å². The Morgan fingerprint density at radius 2 is 1.05 bits per heavy atom. The number of nitrogens with zero attached hydrogens (tertiary/aromatic N) is 4. The summed E-state index contributed by atoms with van der Waals surface area (Å²) in [6, 6.07) is -0.520. The van der Waals surface area contributed by atoms with Gasteiger partial charge in [0.25, 0.3) is 0 Å². The monoisotopic (exact) mass is 314 g/mol. The van der Waals surface area contributed by atoms with E-state index in [4.69, 9.17) is 10.2 Å². The highest BCUT2D eigenvalue weighted by Gasteiger charge is 1.93. The third-order valence-corrected chi connectivity index (χ3v) is 1.49. The standard InChI is InChI=1S/2C5H6N2O2.C2H6O2/c2*1-5(7-4-9)2-6-3-8;3-1-2-4/h2*5H,2H2,1H3;3-4H,1-2H2. The van der Waals surface area contributed by atoms with Crippen molar-refractivity contribution in [1.82, 2.24) is 0 Å². The van der Waals surface area contributed by atoms with Crippen molar-refractivity contribution >= 4 is 24.3 Å². The summed E-state index contributed by atoms with van der Waals surface area (Å²) in [7, 11) is 0. The molecule has 0 aromatic heterocycles. The van der Waals surface area contributed by atoms with Gasteiger partial charge in [0.05, 0.1) is 38.4 Å². The number of hydrogen-bond donors (Lipinski definition) is 2. The Balaban J connectivity index is -0.000000266. The molecule has 0 heterocycles. The van der Waals surface area contributed by atoms with E-state index in [0.29, 0.717) is 0 Å². The van der Waals surface area contributed by atoms with Crippen molar-refractivity contribution in [2.75, 3.05) is 26.3 Å². The molecular weight excluding hydrogens is 296 g/mol. The smallest absolute Gasteiger partial charge is 0.235 e. The van der Waals surface area contributed by atoms with E-state index in [9.17, 15) is 19.2 Å². The number of isocyanates is 4. The Morgan fingerprint density at radius 3 is 1.23 bits per heavy atom. The largest absolute Gasteiger partial charge is 0.394 e. The van der Waals surface area contributed by atoms with Crippen LogP contribution >= 0.6 is 0 Å². The number of aliphatic hydroxyl groups is 2. The van der Waals surface area contributed by atoms with Gasteiger partial charge in [-0.15, -0.1) is 0 Å². The first-order valence-corrected chi connectivity index (χ1v) is 5.96. The van der Waals surface area contributed by atoms with Gasteiger partial charge in [-0.2, -0.15) is 0 Å². The Labute approximate surface area is 127 Å². The van der Waals surface area contributed by atoms with Crippen molar-refractivity contribution in [2.24, 2.45) is 20.0 Å². The summed E-state index contributed by atoms with van der Waals surface area (Å²) in [5.74, 6) is 0. The van der Waals surface area contributed by atoms with E-state index in [1.165, 1.54) is 24.3 Å². The van der Waals surface area contributed by atoms with Crippen molar-refractivity contribution in [2.45, 2.75) is 25.9 Å². The Bertz CT molecular complexity index is 403. The van der Waals surface area contributed by atoms with Crippen molar-refractivity contribution in [3.63, 3.8) is 0 Å². The molecule has 0 aliphatic carbocycles. The number of hydrogen-bond acceptors (Lipinski definition) is 10. The van der Waals surface area contributed by atoms with Crippen LogP contribution in [0, 0.1) is 0 Å². The molecule has 0 saturated carbocycles. The molecule has 0 aromatic carbocycles. The van der Waals surface area contributed by atoms with Crippen LogP contribution in [0.4, 0.5) is 0 Å². The zero-order chi connectivity index (χ0) is 17.6. The molecule has 0 fully saturated rings. The van der Waals surface area contributed by atoms with Crippen LogP contribution in [0.3, 0.4) is 0 Å². The van der Waals surface area contributed by atoms with Crippen LogP contribution in [-0.2, 0) is 19.2 Å². The quantitative estimate of drug-likeness (QED) is 0.456. The van der Waals surface area contributed by atoms with Crippen LogP contribution in [0.2, 0.25) is 0 Å². The summed E-state index contributed by atoms with van der Waals surface area (Å²) in [5, 5.41) is 15.2. The second-order valence-corrected chi connectivity index (χ2v) is 3.45. The lowest BCUT2D eigenvalue weighted by Crippen LogP contribution is -2.00. The summed E-state index contributed by atoms with van der Waals surface area (Å²) in [6.07, 6.45) is 5.41. The Kier molecular flexibility index (Phi) is 26.2. The first-order valence-electron chi connectivity index (χ1n) is 5.96. The van der Waals surface area contributed by atoms with Gasteiger partial charge in [-0.3, -0.25) is 0 Å². The van der Waals surface area contributed by atoms with Crippen molar-refractivity contribution in [1.29, 1.82) is 0 Å². The zero-order valence-electron chi connectivity index (χ0n) is 12.3. The van der Waals surface area contributed by atoms with Crippen LogP contribution in [-0.4, -0.2) is 72.9 Å². The molecule has 0 radical (unpaired) electrons. The van der Waals surface area contributed by atoms with Gasteiger partial charge in [0.15, 0.2) is 0 Å². The first kappa shape index (κ1) is 24.5. The minimum absolute atomic E-state index is 0.125. The minimum Gasteiger partial charge on any atom is -0.394 e. The van der Waals surface area contributed by atoms with Gasteiger partial charge in [0.2, 0.25) is 24.3 Å². The second-order valence-electron chi connectivity index (χ2n) is 3.45. The van der Waals surface area contributed by atoms with Crippen LogP contribution in [0.5, 0.6) is 0 Å². The van der Waals surface area contributed by atoms with E-state index in [2.05, 4.69) is 20.0 Å². The fraction of sp³-hybridized carbons (Fsp3) is 0.667. The third kappa shape index (κ3) is 30.5. The average molecular weight is 314 g/mol. The highest BCUT2D eigenvalue weighted by Crippen LogP contribution is 1.86. The molecular formula is C12H18N4O6. The topological polar surface area (TPSA) is 158 Å². The number of aliphatic imine (C=N–C) groups is 4. The van der Waals surface area contributed by atoms with Crippen molar-refractivity contribution < 1.29 is 29.4 Å². The predicted molar refractivity (Wildman–Crippen MR) is 75.3 cm³/mol. The van der Waals surface area contributed by atoms with Gasteiger partial charge in [-0.05, 0) is 13.8 Å². The highest BCUT2D eigenvalue weighted by molar-refractivity contribution is 5.35. The molecule has 0 aromatic rings. The molecule has 0 spiro atoms. The molecule has 2 atom stereocenters. The maximum absolute atomic E-state index is 9.55. The highest BCUT2D eigenvalue weighted by atomic mass is 16.3. The van der Waals surface area contributed by atoms with Crippen molar-refractivity contribution in [3.05, 3.63) is 0 Å². The molecule has 0 aliphatic heterocycles. The fourth-order valence-electron chi connectivity index (χ4n) is 0.600. The summed E-state index contributed by atoms with van der Waals surface area (Å²) >= 11 is 0. The van der Waals surface area contributed by atoms with Gasteiger partial charge in [0.1, 0.15) is 0 Å². The molecule has 10 heteroatoms. The first-order chi connectivity index (χ1) is 10.5. The van der Waals surface area contributed by atoms with Gasteiger partial charge < -0.3 is 10.2 Å². The molecule has 0 aliphatic rings. The lowest BCUT2D eigenvalue weighted by molar-refractivity contribution is 0.186. The summed E-state index contributed by atoms with van der Waals surface area (Å²) in [4.78, 5) is 51.0. The van der Waals surface area contributed by atoms with Crippen LogP contribution in [0.15, 0.2) is 20.0 Å². The van der Waals surface area contributed by atoms with Gasteiger partial charge in [0, 0.05) is 0 Å². The molecule has 0 bridgehead atoms. The molecule has 122 valence electrons. The number of carbonyl (C=O) groups excluding carboxylic acids is 4. The zero-order valence-corrected chi connectivity index (χ0v) is 12.3. The molecule has 22 heavy (non-hydrogen) atoms.